The van der Waals surface area contributed by atoms with E-state index >= 15 is 0 Å². The van der Waals surface area contributed by atoms with Crippen molar-refractivity contribution in [3.05, 3.63) is 18.3 Å². The highest BCUT2D eigenvalue weighted by Crippen LogP contribution is 2.25. The van der Waals surface area contributed by atoms with Crippen molar-refractivity contribution < 1.29 is 8.42 Å². The Kier molecular flexibility index (Phi) is 5.58. The Morgan fingerprint density at radius 2 is 2.00 bits per heavy atom. The average Bonchev–Trinajstić information content (AvgIpc) is 2.48. The van der Waals surface area contributed by atoms with Crippen molar-refractivity contribution in [2.45, 2.75) is 56.9 Å². The topological polar surface area (TPSA) is 71.1 Å². The number of rotatable bonds is 6. The van der Waals surface area contributed by atoms with E-state index in [2.05, 4.69) is 28.9 Å². The molecule has 21 heavy (non-hydrogen) atoms. The summed E-state index contributed by atoms with van der Waals surface area (Å²) in [6.07, 6.45) is 6.53. The van der Waals surface area contributed by atoms with Gasteiger partial charge in [-0.05, 0) is 44.1 Å². The highest BCUT2D eigenvalue weighted by atomic mass is 32.2. The van der Waals surface area contributed by atoms with E-state index in [9.17, 15) is 8.42 Å². The first-order chi connectivity index (χ1) is 10.0. The second kappa shape index (κ2) is 7.22. The lowest BCUT2D eigenvalue weighted by Gasteiger charge is -2.26. The smallest absolute Gasteiger partial charge is 0.241 e. The molecule has 1 aromatic heterocycles. The summed E-state index contributed by atoms with van der Waals surface area (Å²) in [5.74, 6) is 1.31. The fourth-order valence-corrected chi connectivity index (χ4v) is 3.91. The van der Waals surface area contributed by atoms with Crippen LogP contribution in [0.25, 0.3) is 0 Å². The Balaban J connectivity index is 2.05. The first kappa shape index (κ1) is 16.2. The molecule has 0 amide bonds. The summed E-state index contributed by atoms with van der Waals surface area (Å²) in [6, 6.07) is 3.21. The predicted molar refractivity (Wildman–Crippen MR) is 84.8 cm³/mol. The highest BCUT2D eigenvalue weighted by Gasteiger charge is 2.24. The van der Waals surface area contributed by atoms with Crippen molar-refractivity contribution in [1.82, 2.24) is 9.71 Å². The van der Waals surface area contributed by atoms with E-state index in [0.717, 1.165) is 38.6 Å². The average molecular weight is 311 g/mol. The van der Waals surface area contributed by atoms with Crippen LogP contribution in [0, 0.1) is 5.92 Å². The minimum absolute atomic E-state index is 0.0615. The van der Waals surface area contributed by atoms with Crippen molar-refractivity contribution >= 4 is 15.8 Å². The van der Waals surface area contributed by atoms with E-state index in [0.29, 0.717) is 11.7 Å². The second-order valence-electron chi connectivity index (χ2n) is 5.88. The van der Waals surface area contributed by atoms with Crippen molar-refractivity contribution in [3.8, 4) is 0 Å². The van der Waals surface area contributed by atoms with E-state index in [4.69, 9.17) is 0 Å². The number of aromatic nitrogens is 1. The van der Waals surface area contributed by atoms with Crippen molar-refractivity contribution in [1.29, 1.82) is 0 Å². The molecule has 118 valence electrons. The summed E-state index contributed by atoms with van der Waals surface area (Å²) in [7, 11) is -3.45. The van der Waals surface area contributed by atoms with E-state index in [1.54, 1.807) is 12.1 Å². The van der Waals surface area contributed by atoms with Crippen molar-refractivity contribution in [3.63, 3.8) is 0 Å². The van der Waals surface area contributed by atoms with Crippen molar-refractivity contribution in [2.75, 3.05) is 11.9 Å². The molecule has 6 heteroatoms. The fourth-order valence-electron chi connectivity index (χ4n) is 2.59. The lowest BCUT2D eigenvalue weighted by atomic mass is 9.88. The maximum atomic E-state index is 12.4. The van der Waals surface area contributed by atoms with Gasteiger partial charge < -0.3 is 5.32 Å². The molecule has 5 nitrogen and oxygen atoms in total. The summed E-state index contributed by atoms with van der Waals surface area (Å²) in [5.41, 5.74) is 0. The van der Waals surface area contributed by atoms with Crippen LogP contribution in [0.15, 0.2) is 23.2 Å². The molecule has 0 bridgehead atoms. The molecule has 0 aliphatic heterocycles. The molecule has 0 unspecified atom stereocenters. The standard InChI is InChI=1S/C15H25N3O2S/c1-3-9-16-15-11-14(8-10-17-15)21(19,20)18-13-6-4-12(2)5-7-13/h8,10-13,18H,3-7,9H2,1-2H3,(H,16,17). The molecule has 1 aromatic rings. The predicted octanol–water partition coefficient (Wildman–Crippen LogP) is 2.76. The third-order valence-corrected chi connectivity index (χ3v) is 5.45. The molecule has 1 fully saturated rings. The Morgan fingerprint density at radius 3 is 2.67 bits per heavy atom. The Bertz CT molecular complexity index is 552. The number of hydrogen-bond donors (Lipinski definition) is 2. The number of pyridine rings is 1. The molecule has 2 rings (SSSR count). The van der Waals surface area contributed by atoms with Gasteiger partial charge in [-0.1, -0.05) is 13.8 Å². The molecule has 1 heterocycles. The third kappa shape index (κ3) is 4.68. The minimum Gasteiger partial charge on any atom is -0.370 e. The number of hydrogen-bond acceptors (Lipinski definition) is 4. The Morgan fingerprint density at radius 1 is 1.29 bits per heavy atom. The Hall–Kier alpha value is -1.14. The maximum Gasteiger partial charge on any atom is 0.241 e. The van der Waals surface area contributed by atoms with Gasteiger partial charge in [0.05, 0.1) is 4.90 Å². The molecule has 0 saturated heterocycles. The normalized spacial score (nSPS) is 23.0. The quantitative estimate of drug-likeness (QED) is 0.847. The van der Waals surface area contributed by atoms with Gasteiger partial charge in [0.1, 0.15) is 5.82 Å². The van der Waals surface area contributed by atoms with Crippen LogP contribution in [0.1, 0.15) is 46.0 Å². The second-order valence-corrected chi connectivity index (χ2v) is 7.60. The third-order valence-electron chi connectivity index (χ3n) is 3.94. The van der Waals surface area contributed by atoms with Crippen LogP contribution in [0.5, 0.6) is 0 Å². The molecule has 0 atom stereocenters. The molecule has 1 aliphatic carbocycles. The van der Waals surface area contributed by atoms with Crippen LogP contribution in [0.4, 0.5) is 5.82 Å². The van der Waals surface area contributed by atoms with E-state index < -0.39 is 10.0 Å². The zero-order chi connectivity index (χ0) is 15.3. The van der Waals surface area contributed by atoms with Gasteiger partial charge >= 0.3 is 0 Å². The lowest BCUT2D eigenvalue weighted by molar-refractivity contribution is 0.332. The van der Waals surface area contributed by atoms with E-state index in [-0.39, 0.29) is 10.9 Å². The van der Waals surface area contributed by atoms with Gasteiger partial charge in [0, 0.05) is 24.8 Å². The van der Waals surface area contributed by atoms with Gasteiger partial charge in [-0.2, -0.15) is 0 Å². The van der Waals surface area contributed by atoms with Gasteiger partial charge in [0.2, 0.25) is 10.0 Å². The molecule has 2 N–H and O–H groups in total. The van der Waals surface area contributed by atoms with Crippen molar-refractivity contribution in [2.24, 2.45) is 5.92 Å². The van der Waals surface area contributed by atoms with Gasteiger partial charge in [-0.15, -0.1) is 0 Å². The van der Waals surface area contributed by atoms with Crippen LogP contribution in [-0.2, 0) is 10.0 Å². The number of sulfonamides is 1. The van der Waals surface area contributed by atoms with Gasteiger partial charge in [0.25, 0.3) is 0 Å². The molecule has 0 spiro atoms. The molecule has 1 aliphatic rings. The summed E-state index contributed by atoms with van der Waals surface area (Å²) in [6.45, 7) is 5.06. The van der Waals surface area contributed by atoms with E-state index in [1.807, 2.05) is 0 Å². The van der Waals surface area contributed by atoms with Crippen LogP contribution >= 0.6 is 0 Å². The zero-order valence-electron chi connectivity index (χ0n) is 12.8. The first-order valence-electron chi connectivity index (χ1n) is 7.73. The number of nitrogens with one attached hydrogen (secondary N) is 2. The lowest BCUT2D eigenvalue weighted by Crippen LogP contribution is -2.37. The summed E-state index contributed by atoms with van der Waals surface area (Å²) >= 11 is 0. The summed E-state index contributed by atoms with van der Waals surface area (Å²) in [5, 5.41) is 3.11. The number of nitrogens with zero attached hydrogens (tertiary/aromatic N) is 1. The largest absolute Gasteiger partial charge is 0.370 e. The van der Waals surface area contributed by atoms with Crippen LogP contribution in [0.2, 0.25) is 0 Å². The SMILES string of the molecule is CCCNc1cc(S(=O)(=O)NC2CCC(C)CC2)ccn1. The molecular formula is C15H25N3O2S. The van der Waals surface area contributed by atoms with Crippen LogP contribution < -0.4 is 10.0 Å². The number of anilines is 1. The first-order valence-corrected chi connectivity index (χ1v) is 9.22. The molecule has 1 saturated carbocycles. The fraction of sp³-hybridized carbons (Fsp3) is 0.667. The molecule has 0 radical (unpaired) electrons. The Labute approximate surface area is 127 Å². The van der Waals surface area contributed by atoms with Gasteiger partial charge in [-0.25, -0.2) is 18.1 Å². The highest BCUT2D eigenvalue weighted by molar-refractivity contribution is 7.89. The maximum absolute atomic E-state index is 12.4. The van der Waals surface area contributed by atoms with E-state index in [1.165, 1.54) is 6.20 Å². The molecule has 0 aromatic carbocycles. The van der Waals surface area contributed by atoms with Gasteiger partial charge in [0.15, 0.2) is 0 Å². The zero-order valence-corrected chi connectivity index (χ0v) is 13.6. The van der Waals surface area contributed by atoms with Crippen LogP contribution in [0.3, 0.4) is 0 Å². The summed E-state index contributed by atoms with van der Waals surface area (Å²) in [4.78, 5) is 4.43. The van der Waals surface area contributed by atoms with Gasteiger partial charge in [-0.3, -0.25) is 0 Å². The molecular weight excluding hydrogens is 286 g/mol. The summed E-state index contributed by atoms with van der Waals surface area (Å²) < 4.78 is 27.7. The van der Waals surface area contributed by atoms with Crippen LogP contribution in [-0.4, -0.2) is 26.0 Å². The monoisotopic (exact) mass is 311 g/mol. The minimum atomic E-state index is -3.45.